The number of hydrogen-bond donors (Lipinski definition) is 1. The Morgan fingerprint density at radius 3 is 2.46 bits per heavy atom. The van der Waals surface area contributed by atoms with E-state index in [1.807, 2.05) is 0 Å². The molecule has 0 saturated heterocycles. The summed E-state index contributed by atoms with van der Waals surface area (Å²) in [5, 5.41) is 0. The Morgan fingerprint density at radius 2 is 2.00 bits per heavy atom. The second-order valence-electron chi connectivity index (χ2n) is 2.55. The van der Waals surface area contributed by atoms with Crippen molar-refractivity contribution in [2.45, 2.75) is 6.04 Å². The molecule has 1 atom stereocenters. The molecule has 0 radical (unpaired) electrons. The summed E-state index contributed by atoms with van der Waals surface area (Å²) < 4.78 is 16.9. The van der Waals surface area contributed by atoms with Gasteiger partial charge in [-0.3, -0.25) is 4.79 Å². The Balaban J connectivity index is 2.83. The Bertz CT molecular complexity index is 297. The van der Waals surface area contributed by atoms with Crippen molar-refractivity contribution in [2.24, 2.45) is 5.73 Å². The monoisotopic (exact) mass is 183 g/mol. The van der Waals surface area contributed by atoms with Crippen molar-refractivity contribution < 1.29 is 13.9 Å². The first kappa shape index (κ1) is 9.67. The van der Waals surface area contributed by atoms with Crippen molar-refractivity contribution in [1.29, 1.82) is 0 Å². The van der Waals surface area contributed by atoms with Gasteiger partial charge in [0, 0.05) is 0 Å². The van der Waals surface area contributed by atoms with Crippen LogP contribution in [0.2, 0.25) is 0 Å². The Labute approximate surface area is 75.3 Å². The van der Waals surface area contributed by atoms with Gasteiger partial charge in [-0.25, -0.2) is 4.39 Å². The molecule has 4 heteroatoms. The summed E-state index contributed by atoms with van der Waals surface area (Å²) in [6.45, 7) is 0. The van der Waals surface area contributed by atoms with E-state index >= 15 is 0 Å². The molecule has 13 heavy (non-hydrogen) atoms. The van der Waals surface area contributed by atoms with Crippen molar-refractivity contribution in [1.82, 2.24) is 0 Å². The van der Waals surface area contributed by atoms with Crippen LogP contribution in [-0.4, -0.2) is 13.1 Å². The lowest BCUT2D eigenvalue weighted by molar-refractivity contribution is -0.142. The fraction of sp³-hybridized carbons (Fsp3) is 0.222. The first-order valence-electron chi connectivity index (χ1n) is 3.74. The lowest BCUT2D eigenvalue weighted by Crippen LogP contribution is -2.22. The number of ether oxygens (including phenoxy) is 1. The molecule has 0 spiro atoms. The van der Waals surface area contributed by atoms with Crippen molar-refractivity contribution >= 4 is 5.97 Å². The maximum absolute atomic E-state index is 12.5. The molecule has 0 saturated carbocycles. The molecule has 1 aromatic rings. The highest BCUT2D eigenvalue weighted by atomic mass is 19.1. The number of halogens is 1. The lowest BCUT2D eigenvalue weighted by Gasteiger charge is -2.08. The summed E-state index contributed by atoms with van der Waals surface area (Å²) in [7, 11) is 1.26. The number of esters is 1. The van der Waals surface area contributed by atoms with Crippen LogP contribution in [0.4, 0.5) is 4.39 Å². The molecule has 0 amide bonds. The minimum atomic E-state index is -0.842. The zero-order valence-electron chi connectivity index (χ0n) is 7.16. The third kappa shape index (κ3) is 2.26. The highest BCUT2D eigenvalue weighted by Crippen LogP contribution is 2.11. The molecule has 1 rings (SSSR count). The van der Waals surface area contributed by atoms with E-state index in [0.717, 1.165) is 0 Å². The van der Waals surface area contributed by atoms with Crippen LogP contribution in [0.1, 0.15) is 11.6 Å². The number of nitrogens with two attached hydrogens (primary N) is 1. The number of rotatable bonds is 2. The van der Waals surface area contributed by atoms with Crippen molar-refractivity contribution in [3.8, 4) is 0 Å². The van der Waals surface area contributed by atoms with E-state index in [1.165, 1.54) is 31.4 Å². The van der Waals surface area contributed by atoms with Gasteiger partial charge in [0.15, 0.2) is 0 Å². The number of methoxy groups -OCH3 is 1. The van der Waals surface area contributed by atoms with Gasteiger partial charge in [0.1, 0.15) is 11.9 Å². The van der Waals surface area contributed by atoms with Gasteiger partial charge in [0.05, 0.1) is 7.11 Å². The quantitative estimate of drug-likeness (QED) is 0.696. The Hall–Kier alpha value is -1.42. The van der Waals surface area contributed by atoms with Gasteiger partial charge in [-0.15, -0.1) is 0 Å². The summed E-state index contributed by atoms with van der Waals surface area (Å²) in [6, 6.07) is 4.56. The van der Waals surface area contributed by atoms with Gasteiger partial charge in [-0.05, 0) is 17.7 Å². The van der Waals surface area contributed by atoms with Crippen molar-refractivity contribution in [3.63, 3.8) is 0 Å². The fourth-order valence-corrected chi connectivity index (χ4v) is 0.933. The molecule has 3 nitrogen and oxygen atoms in total. The van der Waals surface area contributed by atoms with E-state index in [4.69, 9.17) is 5.73 Å². The van der Waals surface area contributed by atoms with Gasteiger partial charge in [-0.2, -0.15) is 0 Å². The zero-order valence-corrected chi connectivity index (χ0v) is 7.16. The molecule has 1 unspecified atom stereocenters. The molecule has 0 heterocycles. The average molecular weight is 183 g/mol. The summed E-state index contributed by atoms with van der Waals surface area (Å²) in [5.74, 6) is -0.896. The van der Waals surface area contributed by atoms with E-state index < -0.39 is 12.0 Å². The lowest BCUT2D eigenvalue weighted by atomic mass is 10.1. The maximum Gasteiger partial charge on any atom is 0.327 e. The minimum absolute atomic E-state index is 0.360. The highest BCUT2D eigenvalue weighted by molar-refractivity contribution is 5.77. The second-order valence-corrected chi connectivity index (χ2v) is 2.55. The molecule has 0 aliphatic heterocycles. The van der Waals surface area contributed by atoms with E-state index in [2.05, 4.69) is 4.74 Å². The maximum atomic E-state index is 12.5. The topological polar surface area (TPSA) is 52.3 Å². The number of hydrogen-bond acceptors (Lipinski definition) is 3. The van der Waals surface area contributed by atoms with Crippen LogP contribution in [0.25, 0.3) is 0 Å². The SMILES string of the molecule is COC(=O)C(N)c1ccc(F)cc1. The Morgan fingerprint density at radius 1 is 1.46 bits per heavy atom. The van der Waals surface area contributed by atoms with Crippen LogP contribution in [-0.2, 0) is 9.53 Å². The highest BCUT2D eigenvalue weighted by Gasteiger charge is 2.15. The summed E-state index contributed by atoms with van der Waals surface area (Å²) in [5.41, 5.74) is 6.04. The summed E-state index contributed by atoms with van der Waals surface area (Å²) in [4.78, 5) is 11.0. The van der Waals surface area contributed by atoms with E-state index in [1.54, 1.807) is 0 Å². The van der Waals surface area contributed by atoms with Gasteiger partial charge in [0.2, 0.25) is 0 Å². The molecular weight excluding hydrogens is 173 g/mol. The van der Waals surface area contributed by atoms with Crippen molar-refractivity contribution in [3.05, 3.63) is 35.6 Å². The van der Waals surface area contributed by atoms with Gasteiger partial charge >= 0.3 is 5.97 Å². The van der Waals surface area contributed by atoms with Crippen molar-refractivity contribution in [2.75, 3.05) is 7.11 Å². The summed E-state index contributed by atoms with van der Waals surface area (Å²) >= 11 is 0. The first-order chi connectivity index (χ1) is 6.15. The minimum Gasteiger partial charge on any atom is -0.468 e. The predicted octanol–water partition coefficient (Wildman–Crippen LogP) is 0.998. The molecule has 0 aliphatic rings. The van der Waals surface area contributed by atoms with E-state index in [-0.39, 0.29) is 5.82 Å². The average Bonchev–Trinajstić information content (AvgIpc) is 2.17. The van der Waals surface area contributed by atoms with Gasteiger partial charge in [0.25, 0.3) is 0 Å². The number of benzene rings is 1. The van der Waals surface area contributed by atoms with Crippen LogP contribution in [0.15, 0.2) is 24.3 Å². The molecule has 0 aliphatic carbocycles. The second kappa shape index (κ2) is 4.00. The standard InChI is InChI=1S/C9H10FNO2/c1-13-9(12)8(11)6-2-4-7(10)5-3-6/h2-5,8H,11H2,1H3. The molecule has 70 valence electrons. The van der Waals surface area contributed by atoms with E-state index in [9.17, 15) is 9.18 Å². The van der Waals surface area contributed by atoms with Crippen LogP contribution >= 0.6 is 0 Å². The third-order valence-corrected chi connectivity index (χ3v) is 1.68. The third-order valence-electron chi connectivity index (χ3n) is 1.68. The van der Waals surface area contributed by atoms with Crippen LogP contribution < -0.4 is 5.73 Å². The van der Waals surface area contributed by atoms with Crippen LogP contribution in [0, 0.1) is 5.82 Å². The van der Waals surface area contributed by atoms with Crippen LogP contribution in [0.5, 0.6) is 0 Å². The first-order valence-corrected chi connectivity index (χ1v) is 3.74. The number of carbonyl (C=O) groups excluding carboxylic acids is 1. The fourth-order valence-electron chi connectivity index (χ4n) is 0.933. The predicted molar refractivity (Wildman–Crippen MR) is 45.3 cm³/mol. The largest absolute Gasteiger partial charge is 0.468 e. The molecule has 0 fully saturated rings. The van der Waals surface area contributed by atoms with Gasteiger partial charge in [-0.1, -0.05) is 12.1 Å². The smallest absolute Gasteiger partial charge is 0.327 e. The molecular formula is C9H10FNO2. The normalized spacial score (nSPS) is 12.2. The van der Waals surface area contributed by atoms with Crippen LogP contribution in [0.3, 0.4) is 0 Å². The number of carbonyl (C=O) groups is 1. The molecule has 0 aromatic heterocycles. The zero-order chi connectivity index (χ0) is 9.84. The molecule has 1 aromatic carbocycles. The summed E-state index contributed by atoms with van der Waals surface area (Å²) in [6.07, 6.45) is 0. The Kier molecular flexibility index (Phi) is 2.97. The molecule has 0 bridgehead atoms. The van der Waals surface area contributed by atoms with Gasteiger partial charge < -0.3 is 10.5 Å². The molecule has 2 N–H and O–H groups in total. The van der Waals surface area contributed by atoms with E-state index in [0.29, 0.717) is 5.56 Å².